The zero-order valence-electron chi connectivity index (χ0n) is 19.9. The lowest BCUT2D eigenvalue weighted by molar-refractivity contribution is -0.129. The first-order valence-corrected chi connectivity index (χ1v) is 12.7. The van der Waals surface area contributed by atoms with E-state index in [1.165, 1.54) is 0 Å². The van der Waals surface area contributed by atoms with Crippen LogP contribution in [0.4, 0.5) is 8.78 Å². The Morgan fingerprint density at radius 2 is 1.97 bits per heavy atom. The summed E-state index contributed by atoms with van der Waals surface area (Å²) in [6.07, 6.45) is 10.3. The number of rotatable bonds is 7. The number of nitrogens with one attached hydrogen (secondary N) is 1. The van der Waals surface area contributed by atoms with Gasteiger partial charge in [0.25, 0.3) is 0 Å². The van der Waals surface area contributed by atoms with Gasteiger partial charge in [-0.25, -0.2) is 13.8 Å². The standard InChI is InChI=1S/C24H36F2N2O.C2H6/c1-3-4-16-15(13-22(25)26)5-6-18-17(16)9-10-24(2)19(18)7-8-20(24)21(29)14-23-27-11-12-28-23;1-2/h11-12,15-20,22H,3-10,13-14H2,1-2H3,(H,27,28);1-2H3. The number of imidazole rings is 1. The number of nitrogens with zero attached hydrogens (tertiary/aromatic N) is 1. The van der Waals surface area contributed by atoms with Crippen LogP contribution >= 0.6 is 0 Å². The summed E-state index contributed by atoms with van der Waals surface area (Å²) in [5.41, 5.74) is 0.0805. The monoisotopic (exact) mass is 436 g/mol. The number of fused-ring (bicyclic) bond motifs is 3. The van der Waals surface area contributed by atoms with Crippen molar-refractivity contribution in [3.8, 4) is 0 Å². The van der Waals surface area contributed by atoms with Crippen molar-refractivity contribution in [2.75, 3.05) is 0 Å². The molecule has 1 aromatic rings. The van der Waals surface area contributed by atoms with Crippen LogP contribution in [-0.2, 0) is 11.2 Å². The molecule has 0 aliphatic heterocycles. The smallest absolute Gasteiger partial charge is 0.238 e. The molecule has 0 aromatic carbocycles. The first kappa shape index (κ1) is 24.4. The minimum atomic E-state index is -2.18. The Morgan fingerprint density at radius 3 is 2.61 bits per heavy atom. The molecule has 7 unspecified atom stereocenters. The fourth-order valence-electron chi connectivity index (χ4n) is 7.75. The van der Waals surface area contributed by atoms with E-state index in [-0.39, 0.29) is 23.7 Å². The zero-order chi connectivity index (χ0) is 22.6. The van der Waals surface area contributed by atoms with Gasteiger partial charge in [-0.3, -0.25) is 4.79 Å². The molecule has 0 bridgehead atoms. The van der Waals surface area contributed by atoms with Crippen LogP contribution < -0.4 is 0 Å². The summed E-state index contributed by atoms with van der Waals surface area (Å²) in [5.74, 6) is 3.67. The number of ketones is 1. The third-order valence-electron chi connectivity index (χ3n) is 8.91. The molecule has 3 fully saturated rings. The molecular weight excluding hydrogens is 394 g/mol. The number of aromatic amines is 1. The van der Waals surface area contributed by atoms with E-state index in [0.717, 1.165) is 57.2 Å². The lowest BCUT2D eigenvalue weighted by atomic mass is 9.50. The molecule has 0 spiro atoms. The fourth-order valence-corrected chi connectivity index (χ4v) is 7.75. The normalized spacial score (nSPS) is 37.0. The molecule has 3 nitrogen and oxygen atoms in total. The first-order valence-electron chi connectivity index (χ1n) is 12.7. The van der Waals surface area contributed by atoms with Gasteiger partial charge in [0.05, 0.1) is 6.42 Å². The maximum atomic E-state index is 13.2. The second-order valence-electron chi connectivity index (χ2n) is 10.2. The van der Waals surface area contributed by atoms with Crippen molar-refractivity contribution >= 4 is 5.78 Å². The molecule has 1 N–H and O–H groups in total. The maximum absolute atomic E-state index is 13.2. The highest BCUT2D eigenvalue weighted by Gasteiger charge is 2.57. The molecule has 31 heavy (non-hydrogen) atoms. The minimum Gasteiger partial charge on any atom is -0.348 e. The van der Waals surface area contributed by atoms with Crippen molar-refractivity contribution < 1.29 is 13.6 Å². The van der Waals surface area contributed by atoms with Gasteiger partial charge >= 0.3 is 0 Å². The van der Waals surface area contributed by atoms with E-state index < -0.39 is 6.43 Å². The molecule has 1 heterocycles. The molecule has 4 rings (SSSR count). The summed E-state index contributed by atoms with van der Waals surface area (Å²) < 4.78 is 26.4. The van der Waals surface area contributed by atoms with Crippen LogP contribution in [0, 0.1) is 40.9 Å². The Bertz CT molecular complexity index is 692. The van der Waals surface area contributed by atoms with E-state index in [9.17, 15) is 13.6 Å². The zero-order valence-corrected chi connectivity index (χ0v) is 19.9. The largest absolute Gasteiger partial charge is 0.348 e. The molecule has 176 valence electrons. The second kappa shape index (κ2) is 10.6. The molecule has 7 atom stereocenters. The summed E-state index contributed by atoms with van der Waals surface area (Å²) in [6, 6.07) is 0. The Balaban J connectivity index is 0.00000132. The molecule has 0 saturated heterocycles. The molecular formula is C26H42F2N2O. The SMILES string of the molecule is CC.CCCC1C(CC(F)F)CCC2C1CCC1(C)C(C(=O)Cc3ncc[nH]3)CCC21. The van der Waals surface area contributed by atoms with Crippen molar-refractivity contribution in [3.63, 3.8) is 0 Å². The summed E-state index contributed by atoms with van der Waals surface area (Å²) in [4.78, 5) is 20.4. The number of H-pyrrole nitrogens is 1. The molecule has 3 aliphatic carbocycles. The maximum Gasteiger partial charge on any atom is 0.238 e. The number of carbonyl (C=O) groups is 1. The quantitative estimate of drug-likeness (QED) is 0.496. The van der Waals surface area contributed by atoms with Gasteiger partial charge < -0.3 is 4.98 Å². The van der Waals surface area contributed by atoms with Gasteiger partial charge in [-0.05, 0) is 73.5 Å². The van der Waals surface area contributed by atoms with Crippen LogP contribution in [0.15, 0.2) is 12.4 Å². The van der Waals surface area contributed by atoms with Crippen LogP contribution in [0.1, 0.15) is 91.3 Å². The van der Waals surface area contributed by atoms with Gasteiger partial charge in [0.15, 0.2) is 0 Å². The second-order valence-corrected chi connectivity index (χ2v) is 10.2. The first-order chi connectivity index (χ1) is 14.9. The lowest BCUT2D eigenvalue weighted by Gasteiger charge is -2.54. The number of carbonyl (C=O) groups excluding carboxylic acids is 1. The Kier molecular flexibility index (Phi) is 8.31. The molecule has 0 radical (unpaired) electrons. The van der Waals surface area contributed by atoms with Crippen LogP contribution in [0.3, 0.4) is 0 Å². The van der Waals surface area contributed by atoms with E-state index in [0.29, 0.717) is 35.9 Å². The number of hydrogen-bond donors (Lipinski definition) is 1. The van der Waals surface area contributed by atoms with Gasteiger partial charge in [-0.15, -0.1) is 0 Å². The van der Waals surface area contributed by atoms with Gasteiger partial charge in [0.1, 0.15) is 11.6 Å². The van der Waals surface area contributed by atoms with Crippen molar-refractivity contribution in [1.29, 1.82) is 0 Å². The predicted octanol–water partition coefficient (Wildman–Crippen LogP) is 7.09. The van der Waals surface area contributed by atoms with E-state index in [1.54, 1.807) is 12.4 Å². The van der Waals surface area contributed by atoms with Gasteiger partial charge in [-0.2, -0.15) is 0 Å². The average Bonchev–Trinajstić information content (AvgIpc) is 3.38. The minimum absolute atomic E-state index is 0.0805. The van der Waals surface area contributed by atoms with Crippen molar-refractivity contribution in [2.45, 2.75) is 98.3 Å². The van der Waals surface area contributed by atoms with Crippen LogP contribution in [-0.4, -0.2) is 22.2 Å². The number of aromatic nitrogens is 2. The predicted molar refractivity (Wildman–Crippen MR) is 121 cm³/mol. The van der Waals surface area contributed by atoms with Gasteiger partial charge in [0.2, 0.25) is 6.43 Å². The lowest BCUT2D eigenvalue weighted by Crippen LogP contribution is -2.48. The number of hydrogen-bond acceptors (Lipinski definition) is 2. The summed E-state index contributed by atoms with van der Waals surface area (Å²) in [5, 5.41) is 0. The summed E-state index contributed by atoms with van der Waals surface area (Å²) >= 11 is 0. The number of halogens is 2. The Hall–Kier alpha value is -1.26. The highest BCUT2D eigenvalue weighted by molar-refractivity contribution is 5.83. The molecule has 0 amide bonds. The highest BCUT2D eigenvalue weighted by atomic mass is 19.3. The number of alkyl halides is 2. The Labute approximate surface area is 187 Å². The third-order valence-corrected chi connectivity index (χ3v) is 8.91. The molecule has 1 aromatic heterocycles. The van der Waals surface area contributed by atoms with E-state index in [4.69, 9.17) is 0 Å². The summed E-state index contributed by atoms with van der Waals surface area (Å²) in [6.45, 7) is 8.54. The molecule has 3 aliphatic rings. The van der Waals surface area contributed by atoms with E-state index in [2.05, 4.69) is 23.8 Å². The summed E-state index contributed by atoms with van der Waals surface area (Å²) in [7, 11) is 0. The topological polar surface area (TPSA) is 45.8 Å². The highest BCUT2D eigenvalue weighted by Crippen LogP contribution is 2.63. The van der Waals surface area contributed by atoms with Crippen molar-refractivity contribution in [1.82, 2.24) is 9.97 Å². The number of Topliss-reactive ketones (excluding diaryl/α,β-unsaturated/α-hetero) is 1. The van der Waals surface area contributed by atoms with Gasteiger partial charge in [0, 0.05) is 24.7 Å². The Morgan fingerprint density at radius 1 is 1.19 bits per heavy atom. The average molecular weight is 437 g/mol. The van der Waals surface area contributed by atoms with E-state index in [1.807, 2.05) is 13.8 Å². The van der Waals surface area contributed by atoms with Crippen LogP contribution in [0.25, 0.3) is 0 Å². The van der Waals surface area contributed by atoms with Gasteiger partial charge in [-0.1, -0.05) is 40.5 Å². The van der Waals surface area contributed by atoms with E-state index >= 15 is 0 Å². The molecule has 3 saturated carbocycles. The van der Waals surface area contributed by atoms with Crippen LogP contribution in [0.5, 0.6) is 0 Å². The molecule has 5 heteroatoms. The van der Waals surface area contributed by atoms with Crippen LogP contribution in [0.2, 0.25) is 0 Å². The van der Waals surface area contributed by atoms with Crippen molar-refractivity contribution in [3.05, 3.63) is 18.2 Å². The third kappa shape index (κ3) is 4.90. The van der Waals surface area contributed by atoms with Crippen molar-refractivity contribution in [2.24, 2.45) is 40.9 Å². The fraction of sp³-hybridized carbons (Fsp3) is 0.846.